The first-order chi connectivity index (χ1) is 14.5. The zero-order chi connectivity index (χ0) is 21.3. The second kappa shape index (κ2) is 8.39. The van der Waals surface area contributed by atoms with E-state index in [1.807, 2.05) is 7.05 Å². The minimum atomic E-state index is -3.05. The van der Waals surface area contributed by atoms with Gasteiger partial charge in [-0.25, -0.2) is 4.39 Å². The van der Waals surface area contributed by atoms with Crippen LogP contribution in [0.15, 0.2) is 30.5 Å². The summed E-state index contributed by atoms with van der Waals surface area (Å²) in [6.45, 7) is -1.19. The number of hydrogen-bond donors (Lipinski definition) is 1. The van der Waals surface area contributed by atoms with Crippen molar-refractivity contribution in [3.8, 4) is 22.8 Å². The number of aromatic nitrogens is 3. The Balaban J connectivity index is 1.77. The average molecular weight is 421 g/mol. The monoisotopic (exact) mass is 421 g/mol. The number of nitrogens with one attached hydrogen (secondary N) is 1. The summed E-state index contributed by atoms with van der Waals surface area (Å²) < 4.78 is 51.9. The van der Waals surface area contributed by atoms with Crippen LogP contribution in [-0.4, -0.2) is 59.4 Å². The van der Waals surface area contributed by atoms with Crippen molar-refractivity contribution in [1.82, 2.24) is 19.5 Å². The number of ether oxygens (including phenoxy) is 2. The van der Waals surface area contributed by atoms with E-state index in [-0.39, 0.29) is 28.6 Å². The topological polar surface area (TPSA) is 63.9 Å². The number of halogens is 3. The molecule has 0 bridgehead atoms. The summed E-state index contributed by atoms with van der Waals surface area (Å²) in [6, 6.07) is 5.81. The third-order valence-electron chi connectivity index (χ3n) is 5.15. The summed E-state index contributed by atoms with van der Waals surface area (Å²) in [5.74, 6) is 0.00928. The number of alkyl halides is 2. The molecule has 1 aliphatic heterocycles. The second-order valence-corrected chi connectivity index (χ2v) is 7.24. The molecule has 0 spiro atoms. The van der Waals surface area contributed by atoms with Crippen LogP contribution in [0.5, 0.6) is 11.5 Å². The predicted molar refractivity (Wildman–Crippen MR) is 106 cm³/mol. The van der Waals surface area contributed by atoms with E-state index in [9.17, 15) is 13.2 Å². The molecular formula is C20H22F3N5O2. The molecule has 0 aliphatic carbocycles. The van der Waals surface area contributed by atoms with Crippen molar-refractivity contribution in [2.24, 2.45) is 0 Å². The standard InChI is InChI=1S/C20H22F3N5O2/c1-27-8-3-4-12(11-27)24-20-26-25-17(18-15(21)7-9-28(18)20)14-6-5-13(29-2)10-16(14)30-19(22)23/h5-7,9-10,12,19H,3-4,8,11H2,1-2H3,(H,24,26)/t12-/m1/s1. The first-order valence-electron chi connectivity index (χ1n) is 9.58. The van der Waals surface area contributed by atoms with Gasteiger partial charge in [0.25, 0.3) is 0 Å². The molecule has 3 aromatic rings. The fourth-order valence-corrected chi connectivity index (χ4v) is 3.77. The molecule has 7 nitrogen and oxygen atoms in total. The molecule has 0 saturated carbocycles. The Morgan fingerprint density at radius 3 is 2.80 bits per heavy atom. The van der Waals surface area contributed by atoms with Crippen LogP contribution in [-0.2, 0) is 0 Å². The normalized spacial score (nSPS) is 17.5. The molecule has 160 valence electrons. The molecule has 3 heterocycles. The van der Waals surface area contributed by atoms with Crippen molar-refractivity contribution in [2.75, 3.05) is 32.6 Å². The van der Waals surface area contributed by atoms with E-state index in [0.29, 0.717) is 11.7 Å². The Bertz CT molecular complexity index is 1040. The summed E-state index contributed by atoms with van der Waals surface area (Å²) in [5, 5.41) is 11.7. The van der Waals surface area contributed by atoms with Crippen molar-refractivity contribution in [2.45, 2.75) is 25.5 Å². The summed E-state index contributed by atoms with van der Waals surface area (Å²) in [4.78, 5) is 2.21. The number of hydrogen-bond acceptors (Lipinski definition) is 6. The molecule has 10 heteroatoms. The first-order valence-corrected chi connectivity index (χ1v) is 9.58. The quantitative estimate of drug-likeness (QED) is 0.656. The van der Waals surface area contributed by atoms with Gasteiger partial charge >= 0.3 is 6.61 Å². The molecule has 2 aromatic heterocycles. The SMILES string of the molecule is COc1ccc(-c2nnc(N[C@@H]3CCCN(C)C3)n3ccc(F)c23)c(OC(F)F)c1. The summed E-state index contributed by atoms with van der Waals surface area (Å²) in [7, 11) is 3.46. The second-order valence-electron chi connectivity index (χ2n) is 7.24. The average Bonchev–Trinajstić information content (AvgIpc) is 3.10. The van der Waals surface area contributed by atoms with Gasteiger partial charge in [-0.05, 0) is 44.6 Å². The maximum absolute atomic E-state index is 14.7. The zero-order valence-electron chi connectivity index (χ0n) is 16.6. The minimum Gasteiger partial charge on any atom is -0.497 e. The highest BCUT2D eigenvalue weighted by Gasteiger charge is 2.23. The van der Waals surface area contributed by atoms with Crippen molar-refractivity contribution >= 4 is 11.5 Å². The molecule has 0 radical (unpaired) electrons. The van der Waals surface area contributed by atoms with Gasteiger partial charge in [0.1, 0.15) is 22.7 Å². The van der Waals surface area contributed by atoms with Crippen molar-refractivity contribution in [1.29, 1.82) is 0 Å². The lowest BCUT2D eigenvalue weighted by atomic mass is 10.1. The van der Waals surface area contributed by atoms with Gasteiger partial charge in [0.2, 0.25) is 5.95 Å². The molecule has 1 fully saturated rings. The Labute approximate surface area is 171 Å². The number of benzene rings is 1. The van der Waals surface area contributed by atoms with Gasteiger partial charge in [-0.1, -0.05) is 0 Å². The lowest BCUT2D eigenvalue weighted by Gasteiger charge is -2.30. The van der Waals surface area contributed by atoms with E-state index in [0.717, 1.165) is 25.9 Å². The van der Waals surface area contributed by atoms with Crippen LogP contribution in [0.4, 0.5) is 19.1 Å². The van der Waals surface area contributed by atoms with E-state index in [4.69, 9.17) is 4.74 Å². The van der Waals surface area contributed by atoms with E-state index >= 15 is 0 Å². The molecule has 1 atom stereocenters. The van der Waals surface area contributed by atoms with Crippen LogP contribution in [0.25, 0.3) is 16.8 Å². The Kier molecular flexibility index (Phi) is 5.67. The number of likely N-dealkylation sites (N-methyl/N-ethyl adjacent to an activating group) is 1. The lowest BCUT2D eigenvalue weighted by Crippen LogP contribution is -2.40. The molecule has 1 N–H and O–H groups in total. The first kappa shape index (κ1) is 20.3. The predicted octanol–water partition coefficient (Wildman–Crippen LogP) is 3.65. The summed E-state index contributed by atoms with van der Waals surface area (Å²) in [6.07, 6.45) is 3.54. The van der Waals surface area contributed by atoms with Gasteiger partial charge < -0.3 is 19.7 Å². The van der Waals surface area contributed by atoms with E-state index < -0.39 is 12.4 Å². The molecule has 1 aromatic carbocycles. The largest absolute Gasteiger partial charge is 0.497 e. The lowest BCUT2D eigenvalue weighted by molar-refractivity contribution is -0.0495. The van der Waals surface area contributed by atoms with Gasteiger partial charge in [-0.15, -0.1) is 10.2 Å². The number of likely N-dealkylation sites (tertiary alicyclic amines) is 1. The molecule has 0 amide bonds. The van der Waals surface area contributed by atoms with Gasteiger partial charge in [0, 0.05) is 30.4 Å². The molecule has 1 aliphatic rings. The highest BCUT2D eigenvalue weighted by atomic mass is 19.3. The molecule has 0 unspecified atom stereocenters. The van der Waals surface area contributed by atoms with Gasteiger partial charge in [-0.3, -0.25) is 4.40 Å². The van der Waals surface area contributed by atoms with Gasteiger partial charge in [0.15, 0.2) is 5.82 Å². The van der Waals surface area contributed by atoms with Crippen LogP contribution in [0.1, 0.15) is 12.8 Å². The zero-order valence-corrected chi connectivity index (χ0v) is 16.6. The molecule has 4 rings (SSSR count). The highest BCUT2D eigenvalue weighted by molar-refractivity contribution is 5.82. The Morgan fingerprint density at radius 2 is 2.07 bits per heavy atom. The van der Waals surface area contributed by atoms with Crippen LogP contribution in [0.3, 0.4) is 0 Å². The van der Waals surface area contributed by atoms with Crippen molar-refractivity contribution < 1.29 is 22.6 Å². The maximum atomic E-state index is 14.7. The number of anilines is 1. The number of methoxy groups -OCH3 is 1. The van der Waals surface area contributed by atoms with Crippen LogP contribution in [0, 0.1) is 5.82 Å². The number of nitrogens with zero attached hydrogens (tertiary/aromatic N) is 4. The fourth-order valence-electron chi connectivity index (χ4n) is 3.77. The third kappa shape index (κ3) is 4.00. The van der Waals surface area contributed by atoms with Crippen LogP contribution in [0.2, 0.25) is 0 Å². The smallest absolute Gasteiger partial charge is 0.387 e. The maximum Gasteiger partial charge on any atom is 0.387 e. The Hall–Kier alpha value is -3.01. The van der Waals surface area contributed by atoms with E-state index in [2.05, 4.69) is 25.2 Å². The molecule has 30 heavy (non-hydrogen) atoms. The number of rotatable bonds is 6. The molecular weight excluding hydrogens is 399 g/mol. The highest BCUT2D eigenvalue weighted by Crippen LogP contribution is 2.36. The van der Waals surface area contributed by atoms with E-state index in [1.54, 1.807) is 10.5 Å². The fraction of sp³-hybridized carbons (Fsp3) is 0.400. The summed E-state index contributed by atoms with van der Waals surface area (Å²) >= 11 is 0. The summed E-state index contributed by atoms with van der Waals surface area (Å²) in [5.41, 5.74) is 0.415. The minimum absolute atomic E-state index is 0.0992. The van der Waals surface area contributed by atoms with Crippen LogP contribution >= 0.6 is 0 Å². The number of piperidine rings is 1. The number of fused-ring (bicyclic) bond motifs is 1. The Morgan fingerprint density at radius 1 is 1.23 bits per heavy atom. The van der Waals surface area contributed by atoms with E-state index in [1.165, 1.54) is 31.5 Å². The van der Waals surface area contributed by atoms with Gasteiger partial charge in [0.05, 0.1) is 7.11 Å². The van der Waals surface area contributed by atoms with Gasteiger partial charge in [-0.2, -0.15) is 8.78 Å². The van der Waals surface area contributed by atoms with Crippen LogP contribution < -0.4 is 14.8 Å². The molecule has 1 saturated heterocycles. The van der Waals surface area contributed by atoms with Crippen molar-refractivity contribution in [3.05, 3.63) is 36.3 Å². The third-order valence-corrected chi connectivity index (χ3v) is 5.15. The van der Waals surface area contributed by atoms with Crippen molar-refractivity contribution in [3.63, 3.8) is 0 Å².